The summed E-state index contributed by atoms with van der Waals surface area (Å²) in [5.41, 5.74) is 5.78. The van der Waals surface area contributed by atoms with Gasteiger partial charge in [0.2, 0.25) is 0 Å². The normalized spacial score (nSPS) is 14.3. The summed E-state index contributed by atoms with van der Waals surface area (Å²) < 4.78 is 0. The number of hydrogen-bond donors (Lipinski definition) is 1. The van der Waals surface area contributed by atoms with Gasteiger partial charge in [-0.3, -0.25) is 4.79 Å². The van der Waals surface area contributed by atoms with Crippen molar-refractivity contribution in [3.63, 3.8) is 0 Å². The van der Waals surface area contributed by atoms with Gasteiger partial charge in [0, 0.05) is 35.2 Å². The summed E-state index contributed by atoms with van der Waals surface area (Å²) in [5.74, 6) is -0.0494. The topological polar surface area (TPSA) is 32.3 Å². The Kier molecular flexibility index (Phi) is 3.82. The number of fused-ring (bicyclic) bond motifs is 1. The molecule has 0 atom stereocenters. The van der Waals surface area contributed by atoms with Crippen LogP contribution in [0.2, 0.25) is 0 Å². The summed E-state index contributed by atoms with van der Waals surface area (Å²) >= 11 is 0. The van der Waals surface area contributed by atoms with Gasteiger partial charge in [-0.05, 0) is 42.0 Å². The van der Waals surface area contributed by atoms with Crippen LogP contribution in [0.1, 0.15) is 11.1 Å². The van der Waals surface area contributed by atoms with Gasteiger partial charge in [0.05, 0.1) is 0 Å². The van der Waals surface area contributed by atoms with Crippen LogP contribution in [-0.4, -0.2) is 13.0 Å². The number of carbonyl (C=O) groups excluding carboxylic acids is 1. The predicted octanol–water partition coefficient (Wildman–Crippen LogP) is 4.95. The highest BCUT2D eigenvalue weighted by atomic mass is 16.2. The average Bonchev–Trinajstić information content (AvgIpc) is 2.98. The fourth-order valence-electron chi connectivity index (χ4n) is 3.04. The van der Waals surface area contributed by atoms with Gasteiger partial charge in [0.1, 0.15) is 0 Å². The van der Waals surface area contributed by atoms with Crippen LogP contribution in [0, 0.1) is 0 Å². The van der Waals surface area contributed by atoms with Crippen molar-refractivity contribution in [1.82, 2.24) is 0 Å². The van der Waals surface area contributed by atoms with Crippen LogP contribution in [0.4, 0.5) is 17.1 Å². The van der Waals surface area contributed by atoms with Crippen molar-refractivity contribution < 1.29 is 4.79 Å². The molecule has 1 N–H and O–H groups in total. The minimum atomic E-state index is -0.0494. The highest BCUT2D eigenvalue weighted by molar-refractivity contribution is 6.34. The SMILES string of the molecule is CN(c1ccccc1)c1ccc(C=C2C(=O)Nc3ccccc32)cc1. The van der Waals surface area contributed by atoms with Gasteiger partial charge < -0.3 is 10.2 Å². The molecule has 1 amide bonds. The fourth-order valence-corrected chi connectivity index (χ4v) is 3.04. The molecule has 0 bridgehead atoms. The van der Waals surface area contributed by atoms with Gasteiger partial charge in [0.25, 0.3) is 5.91 Å². The molecule has 3 aromatic carbocycles. The van der Waals surface area contributed by atoms with Crippen LogP contribution in [0.3, 0.4) is 0 Å². The monoisotopic (exact) mass is 326 g/mol. The summed E-state index contributed by atoms with van der Waals surface area (Å²) in [6.07, 6.45) is 1.94. The van der Waals surface area contributed by atoms with E-state index in [9.17, 15) is 4.79 Å². The zero-order valence-electron chi connectivity index (χ0n) is 13.9. The van der Waals surface area contributed by atoms with Crippen molar-refractivity contribution in [3.05, 3.63) is 90.0 Å². The second kappa shape index (κ2) is 6.29. The largest absolute Gasteiger partial charge is 0.345 e. The molecular weight excluding hydrogens is 308 g/mol. The Hall–Kier alpha value is -3.33. The molecule has 0 saturated heterocycles. The van der Waals surface area contributed by atoms with Crippen LogP contribution in [0.5, 0.6) is 0 Å². The van der Waals surface area contributed by atoms with E-state index < -0.39 is 0 Å². The number of nitrogens with one attached hydrogen (secondary N) is 1. The van der Waals surface area contributed by atoms with Crippen molar-refractivity contribution in [3.8, 4) is 0 Å². The minimum Gasteiger partial charge on any atom is -0.345 e. The first-order chi connectivity index (χ1) is 12.2. The van der Waals surface area contributed by atoms with Gasteiger partial charge >= 0.3 is 0 Å². The van der Waals surface area contributed by atoms with Gasteiger partial charge in [-0.2, -0.15) is 0 Å². The summed E-state index contributed by atoms with van der Waals surface area (Å²) in [6, 6.07) is 26.2. The van der Waals surface area contributed by atoms with E-state index >= 15 is 0 Å². The van der Waals surface area contributed by atoms with Gasteiger partial charge in [-0.25, -0.2) is 0 Å². The molecule has 0 aliphatic carbocycles. The lowest BCUT2D eigenvalue weighted by Crippen LogP contribution is -2.08. The highest BCUT2D eigenvalue weighted by Gasteiger charge is 2.23. The molecule has 1 aliphatic heterocycles. The van der Waals surface area contributed by atoms with Crippen LogP contribution >= 0.6 is 0 Å². The number of para-hydroxylation sites is 2. The van der Waals surface area contributed by atoms with E-state index in [1.165, 1.54) is 0 Å². The zero-order valence-corrected chi connectivity index (χ0v) is 13.9. The molecule has 0 radical (unpaired) electrons. The van der Waals surface area contributed by atoms with Crippen molar-refractivity contribution in [2.24, 2.45) is 0 Å². The Morgan fingerprint density at radius 1 is 0.800 bits per heavy atom. The summed E-state index contributed by atoms with van der Waals surface area (Å²) in [4.78, 5) is 14.3. The Morgan fingerprint density at radius 2 is 1.44 bits per heavy atom. The maximum atomic E-state index is 12.2. The molecule has 122 valence electrons. The van der Waals surface area contributed by atoms with Crippen molar-refractivity contribution in [2.75, 3.05) is 17.3 Å². The molecule has 1 heterocycles. The van der Waals surface area contributed by atoms with E-state index in [4.69, 9.17) is 0 Å². The summed E-state index contributed by atoms with van der Waals surface area (Å²) in [5, 5.41) is 2.90. The lowest BCUT2D eigenvalue weighted by molar-refractivity contribution is -0.110. The summed E-state index contributed by atoms with van der Waals surface area (Å²) in [6.45, 7) is 0. The van der Waals surface area contributed by atoms with Crippen LogP contribution in [0.15, 0.2) is 78.9 Å². The van der Waals surface area contributed by atoms with Gasteiger partial charge in [-0.1, -0.05) is 48.5 Å². The van der Waals surface area contributed by atoms with E-state index in [-0.39, 0.29) is 5.91 Å². The molecule has 3 heteroatoms. The maximum Gasteiger partial charge on any atom is 0.256 e. The number of amides is 1. The lowest BCUT2D eigenvalue weighted by atomic mass is 10.0. The molecular formula is C22H18N2O. The molecule has 0 saturated carbocycles. The Bertz CT molecular complexity index is 943. The molecule has 25 heavy (non-hydrogen) atoms. The third kappa shape index (κ3) is 2.92. The molecule has 1 aliphatic rings. The Labute approximate surface area is 147 Å². The standard InChI is InChI=1S/C22H18N2O/c1-24(17-7-3-2-4-8-17)18-13-11-16(12-14-18)15-20-19-9-5-6-10-21(19)23-22(20)25/h2-15H,1H3,(H,23,25). The van der Waals surface area contributed by atoms with Crippen LogP contribution in [-0.2, 0) is 4.79 Å². The fraction of sp³-hybridized carbons (Fsp3) is 0.0455. The molecule has 0 spiro atoms. The van der Waals surface area contributed by atoms with Gasteiger partial charge in [-0.15, -0.1) is 0 Å². The molecule has 3 nitrogen and oxygen atoms in total. The van der Waals surface area contributed by atoms with Gasteiger partial charge in [0.15, 0.2) is 0 Å². The molecule has 3 aromatic rings. The third-order valence-corrected chi connectivity index (χ3v) is 4.44. The maximum absolute atomic E-state index is 12.2. The molecule has 0 unspecified atom stereocenters. The van der Waals surface area contributed by atoms with E-state index in [2.05, 4.69) is 34.5 Å². The number of carbonyl (C=O) groups is 1. The van der Waals surface area contributed by atoms with Crippen LogP contribution in [0.25, 0.3) is 11.6 Å². The highest BCUT2D eigenvalue weighted by Crippen LogP contribution is 2.33. The molecule has 0 aromatic heterocycles. The smallest absolute Gasteiger partial charge is 0.256 e. The van der Waals surface area contributed by atoms with E-state index in [0.717, 1.165) is 28.2 Å². The molecule has 4 rings (SSSR count). The second-order valence-electron chi connectivity index (χ2n) is 6.04. The Morgan fingerprint density at radius 3 is 2.20 bits per heavy atom. The number of rotatable bonds is 3. The van der Waals surface area contributed by atoms with E-state index in [1.807, 2.05) is 67.7 Å². The first-order valence-corrected chi connectivity index (χ1v) is 8.24. The quantitative estimate of drug-likeness (QED) is 0.691. The zero-order chi connectivity index (χ0) is 17.2. The van der Waals surface area contributed by atoms with Crippen molar-refractivity contribution >= 4 is 34.6 Å². The summed E-state index contributed by atoms with van der Waals surface area (Å²) in [7, 11) is 2.05. The third-order valence-electron chi connectivity index (χ3n) is 4.44. The first-order valence-electron chi connectivity index (χ1n) is 8.24. The predicted molar refractivity (Wildman–Crippen MR) is 104 cm³/mol. The van der Waals surface area contributed by atoms with Crippen molar-refractivity contribution in [2.45, 2.75) is 0 Å². The number of benzene rings is 3. The first kappa shape index (κ1) is 15.2. The molecule has 0 fully saturated rings. The van der Waals surface area contributed by atoms with E-state index in [0.29, 0.717) is 5.57 Å². The average molecular weight is 326 g/mol. The van der Waals surface area contributed by atoms with Crippen LogP contribution < -0.4 is 10.2 Å². The minimum absolute atomic E-state index is 0.0494. The second-order valence-corrected chi connectivity index (χ2v) is 6.04. The number of hydrogen-bond acceptors (Lipinski definition) is 2. The number of nitrogens with zero attached hydrogens (tertiary/aromatic N) is 1. The lowest BCUT2D eigenvalue weighted by Gasteiger charge is -2.19. The number of anilines is 3. The van der Waals surface area contributed by atoms with E-state index in [1.54, 1.807) is 0 Å². The Balaban J connectivity index is 1.62. The van der Waals surface area contributed by atoms with Crippen molar-refractivity contribution in [1.29, 1.82) is 0 Å².